The van der Waals surface area contributed by atoms with E-state index in [9.17, 15) is 18.0 Å². The molecule has 0 aliphatic carbocycles. The maximum absolute atomic E-state index is 12.7. The molecule has 0 saturated heterocycles. The number of alkyl halides is 3. The summed E-state index contributed by atoms with van der Waals surface area (Å²) in [6, 6.07) is 8.94. The summed E-state index contributed by atoms with van der Waals surface area (Å²) in [6.45, 7) is 1.89. The van der Waals surface area contributed by atoms with Gasteiger partial charge in [0.15, 0.2) is 5.82 Å². The van der Waals surface area contributed by atoms with Gasteiger partial charge < -0.3 is 4.90 Å². The summed E-state index contributed by atoms with van der Waals surface area (Å²) in [6.07, 6.45) is -2.53. The van der Waals surface area contributed by atoms with E-state index in [2.05, 4.69) is 10.1 Å². The Morgan fingerprint density at radius 2 is 1.79 bits per heavy atom. The molecular weight excluding hydrogens is 428 g/mol. The number of hydrogen-bond donors (Lipinski definition) is 0. The molecule has 0 saturated carbocycles. The second kappa shape index (κ2) is 8.04. The van der Waals surface area contributed by atoms with Crippen molar-refractivity contribution in [3.05, 3.63) is 80.3 Å². The van der Waals surface area contributed by atoms with Gasteiger partial charge in [-0.15, -0.1) is 0 Å². The van der Waals surface area contributed by atoms with Gasteiger partial charge in [-0.05, 0) is 30.7 Å². The fourth-order valence-electron chi connectivity index (χ4n) is 2.74. The standard InChI is InChI=1S/C19H15Cl2F3N4O/c1-11(13-5-3-4-6-14(13)20)27(2)15-10-26-28(18(29)17(15)21)16-8-7-12(9-25-16)19(22,23)24/h3-11H,1-2H3/t11-/m1/s1. The molecule has 3 rings (SSSR count). The predicted molar refractivity (Wildman–Crippen MR) is 106 cm³/mol. The molecule has 152 valence electrons. The zero-order valence-electron chi connectivity index (χ0n) is 15.3. The van der Waals surface area contributed by atoms with Gasteiger partial charge in [-0.3, -0.25) is 4.79 Å². The number of benzene rings is 1. The van der Waals surface area contributed by atoms with Crippen molar-refractivity contribution in [2.45, 2.75) is 19.1 Å². The molecule has 5 nitrogen and oxygen atoms in total. The highest BCUT2D eigenvalue weighted by atomic mass is 35.5. The fourth-order valence-corrected chi connectivity index (χ4v) is 3.30. The van der Waals surface area contributed by atoms with Crippen molar-refractivity contribution in [2.24, 2.45) is 0 Å². The topological polar surface area (TPSA) is 51.0 Å². The highest BCUT2D eigenvalue weighted by Crippen LogP contribution is 2.32. The summed E-state index contributed by atoms with van der Waals surface area (Å²) in [5.74, 6) is -0.0711. The molecule has 0 bridgehead atoms. The molecule has 29 heavy (non-hydrogen) atoms. The lowest BCUT2D eigenvalue weighted by atomic mass is 10.1. The van der Waals surface area contributed by atoms with Gasteiger partial charge in [-0.25, -0.2) is 4.98 Å². The molecule has 0 amide bonds. The van der Waals surface area contributed by atoms with Crippen LogP contribution in [0, 0.1) is 0 Å². The Balaban J connectivity index is 1.96. The number of halogens is 5. The van der Waals surface area contributed by atoms with Crippen molar-refractivity contribution >= 4 is 28.9 Å². The summed E-state index contributed by atoms with van der Waals surface area (Å²) in [5, 5.41) is 4.45. The van der Waals surface area contributed by atoms with E-state index in [1.807, 2.05) is 25.1 Å². The fraction of sp³-hybridized carbons (Fsp3) is 0.211. The Labute approximate surface area is 174 Å². The quantitative estimate of drug-likeness (QED) is 0.560. The van der Waals surface area contributed by atoms with Gasteiger partial charge in [0, 0.05) is 18.3 Å². The Morgan fingerprint density at radius 1 is 1.10 bits per heavy atom. The molecule has 0 aliphatic heterocycles. The maximum atomic E-state index is 12.7. The first-order chi connectivity index (χ1) is 13.6. The first kappa shape index (κ1) is 21.1. The molecule has 0 unspecified atom stereocenters. The first-order valence-electron chi connectivity index (χ1n) is 8.40. The van der Waals surface area contributed by atoms with E-state index in [0.29, 0.717) is 16.9 Å². The van der Waals surface area contributed by atoms with E-state index < -0.39 is 17.3 Å². The van der Waals surface area contributed by atoms with Gasteiger partial charge in [0.25, 0.3) is 5.56 Å². The Bertz CT molecular complexity index is 1080. The van der Waals surface area contributed by atoms with E-state index in [1.54, 1.807) is 18.0 Å². The summed E-state index contributed by atoms with van der Waals surface area (Å²) in [4.78, 5) is 18.1. The minimum absolute atomic E-state index is 0.0711. The lowest BCUT2D eigenvalue weighted by molar-refractivity contribution is -0.137. The molecule has 2 heterocycles. The number of nitrogens with zero attached hydrogens (tertiary/aromatic N) is 4. The summed E-state index contributed by atoms with van der Waals surface area (Å²) in [7, 11) is 1.73. The monoisotopic (exact) mass is 442 g/mol. The second-order valence-electron chi connectivity index (χ2n) is 6.27. The van der Waals surface area contributed by atoms with Crippen LogP contribution < -0.4 is 10.5 Å². The molecule has 3 aromatic rings. The van der Waals surface area contributed by atoms with E-state index in [0.717, 1.165) is 22.4 Å². The Morgan fingerprint density at radius 3 is 2.38 bits per heavy atom. The van der Waals surface area contributed by atoms with Gasteiger partial charge in [0.1, 0.15) is 5.02 Å². The smallest absolute Gasteiger partial charge is 0.365 e. The van der Waals surface area contributed by atoms with Crippen molar-refractivity contribution < 1.29 is 13.2 Å². The number of anilines is 1. The highest BCUT2D eigenvalue weighted by Gasteiger charge is 2.31. The SMILES string of the molecule is C[C@H](c1ccccc1Cl)N(C)c1cnn(-c2ccc(C(F)(F)F)cn2)c(=O)c1Cl. The van der Waals surface area contributed by atoms with Gasteiger partial charge >= 0.3 is 6.18 Å². The molecular formula is C19H15Cl2F3N4O. The molecule has 1 aromatic carbocycles. The van der Waals surface area contributed by atoms with Gasteiger partial charge in [-0.2, -0.15) is 23.0 Å². The van der Waals surface area contributed by atoms with Gasteiger partial charge in [-0.1, -0.05) is 41.4 Å². The molecule has 1 atom stereocenters. The number of rotatable bonds is 4. The van der Waals surface area contributed by atoms with Crippen LogP contribution in [0.4, 0.5) is 18.9 Å². The molecule has 10 heteroatoms. The van der Waals surface area contributed by atoms with Crippen molar-refractivity contribution in [3.8, 4) is 5.82 Å². The minimum Gasteiger partial charge on any atom is -0.365 e. The van der Waals surface area contributed by atoms with Crippen LogP contribution >= 0.6 is 23.2 Å². The summed E-state index contributed by atoms with van der Waals surface area (Å²) in [5.41, 5.74) is -0.437. The average molecular weight is 443 g/mol. The van der Waals surface area contributed by atoms with Crippen molar-refractivity contribution in [1.29, 1.82) is 0 Å². The van der Waals surface area contributed by atoms with Crippen LogP contribution in [0.1, 0.15) is 24.1 Å². The van der Waals surface area contributed by atoms with Gasteiger partial charge in [0.2, 0.25) is 0 Å². The van der Waals surface area contributed by atoms with Crippen LogP contribution in [0.25, 0.3) is 5.82 Å². The lowest BCUT2D eigenvalue weighted by Gasteiger charge is -2.28. The normalized spacial score (nSPS) is 12.7. The van der Waals surface area contributed by atoms with Crippen LogP contribution in [0.2, 0.25) is 10.0 Å². The third-order valence-electron chi connectivity index (χ3n) is 4.51. The second-order valence-corrected chi connectivity index (χ2v) is 7.06. The van der Waals surface area contributed by atoms with Crippen LogP contribution in [0.15, 0.2) is 53.6 Å². The molecule has 0 radical (unpaired) electrons. The zero-order valence-corrected chi connectivity index (χ0v) is 16.8. The molecule has 0 N–H and O–H groups in total. The van der Waals surface area contributed by atoms with E-state index in [1.165, 1.54) is 6.20 Å². The third kappa shape index (κ3) is 4.23. The minimum atomic E-state index is -4.52. The van der Waals surface area contributed by atoms with E-state index in [4.69, 9.17) is 23.2 Å². The van der Waals surface area contributed by atoms with Crippen molar-refractivity contribution in [1.82, 2.24) is 14.8 Å². The molecule has 0 spiro atoms. The van der Waals surface area contributed by atoms with E-state index in [-0.39, 0.29) is 16.9 Å². The van der Waals surface area contributed by atoms with Crippen LogP contribution in [-0.2, 0) is 6.18 Å². The number of hydrogen-bond acceptors (Lipinski definition) is 4. The first-order valence-corrected chi connectivity index (χ1v) is 9.15. The van der Waals surface area contributed by atoms with Crippen LogP contribution in [0.5, 0.6) is 0 Å². The predicted octanol–water partition coefficient (Wildman–Crippen LogP) is 5.15. The number of pyridine rings is 1. The summed E-state index contributed by atoms with van der Waals surface area (Å²) >= 11 is 12.5. The average Bonchev–Trinajstić information content (AvgIpc) is 2.69. The molecule has 2 aromatic heterocycles. The molecule has 0 aliphatic rings. The van der Waals surface area contributed by atoms with Crippen LogP contribution in [0.3, 0.4) is 0 Å². The molecule has 0 fully saturated rings. The highest BCUT2D eigenvalue weighted by molar-refractivity contribution is 6.33. The maximum Gasteiger partial charge on any atom is 0.417 e. The van der Waals surface area contributed by atoms with Crippen LogP contribution in [-0.4, -0.2) is 21.8 Å². The lowest BCUT2D eigenvalue weighted by Crippen LogP contribution is -2.28. The summed E-state index contributed by atoms with van der Waals surface area (Å²) < 4.78 is 38.9. The van der Waals surface area contributed by atoms with E-state index >= 15 is 0 Å². The Hall–Kier alpha value is -2.58. The van der Waals surface area contributed by atoms with Crippen molar-refractivity contribution in [2.75, 3.05) is 11.9 Å². The zero-order chi connectivity index (χ0) is 21.3. The Kier molecular flexibility index (Phi) is 5.86. The van der Waals surface area contributed by atoms with Crippen molar-refractivity contribution in [3.63, 3.8) is 0 Å². The third-order valence-corrected chi connectivity index (χ3v) is 5.21. The largest absolute Gasteiger partial charge is 0.417 e. The number of aromatic nitrogens is 3. The van der Waals surface area contributed by atoms with Gasteiger partial charge in [0.05, 0.1) is 23.5 Å².